The Hall–Kier alpha value is -2.01. The van der Waals surface area contributed by atoms with Crippen molar-refractivity contribution >= 4 is 17.5 Å². The van der Waals surface area contributed by atoms with Crippen LogP contribution in [0.4, 0.5) is 0 Å². The first-order chi connectivity index (χ1) is 8.66. The summed E-state index contributed by atoms with van der Waals surface area (Å²) in [7, 11) is 0. The largest absolute Gasteiger partial charge is 0.346 e. The molecule has 0 aliphatic carbocycles. The molecule has 2 aromatic heterocycles. The predicted octanol–water partition coefficient (Wildman–Crippen LogP) is 1.76. The van der Waals surface area contributed by atoms with Crippen molar-refractivity contribution < 1.29 is 4.79 Å². The van der Waals surface area contributed by atoms with E-state index < -0.39 is 0 Å². The Morgan fingerprint density at radius 2 is 2.17 bits per heavy atom. The Morgan fingerprint density at radius 3 is 2.89 bits per heavy atom. The van der Waals surface area contributed by atoms with Crippen molar-refractivity contribution in [2.75, 3.05) is 0 Å². The minimum atomic E-state index is -0.274. The second kappa shape index (κ2) is 5.55. The van der Waals surface area contributed by atoms with E-state index in [1.807, 2.05) is 0 Å². The Labute approximate surface area is 109 Å². The van der Waals surface area contributed by atoms with E-state index >= 15 is 0 Å². The summed E-state index contributed by atoms with van der Waals surface area (Å²) in [4.78, 5) is 23.9. The Morgan fingerprint density at radius 1 is 1.33 bits per heavy atom. The second-order valence-electron chi connectivity index (χ2n) is 3.62. The molecular weight excluding hydrogens is 252 g/mol. The van der Waals surface area contributed by atoms with E-state index in [9.17, 15) is 4.79 Å². The highest BCUT2D eigenvalue weighted by molar-refractivity contribution is 6.32. The number of nitrogens with zero attached hydrogens (tertiary/aromatic N) is 3. The number of nitrogens with one attached hydrogen (secondary N) is 1. The average molecular weight is 263 g/mol. The van der Waals surface area contributed by atoms with Crippen LogP contribution in [0.15, 0.2) is 30.6 Å². The topological polar surface area (TPSA) is 67.8 Å². The summed E-state index contributed by atoms with van der Waals surface area (Å²) in [6.45, 7) is 2.12. The standard InChI is InChI=1S/C12H11ClN4O/c1-8-14-6-4-9(17-8)7-16-12(18)10-3-2-5-15-11(10)13/h2-6H,7H2,1H3,(H,16,18). The summed E-state index contributed by atoms with van der Waals surface area (Å²) in [5.41, 5.74) is 1.10. The van der Waals surface area contributed by atoms with Gasteiger partial charge < -0.3 is 5.32 Å². The predicted molar refractivity (Wildman–Crippen MR) is 67.2 cm³/mol. The molecule has 1 N–H and O–H groups in total. The summed E-state index contributed by atoms with van der Waals surface area (Å²) in [5, 5.41) is 2.92. The molecule has 0 unspecified atom stereocenters. The van der Waals surface area contributed by atoms with Gasteiger partial charge in [-0.2, -0.15) is 0 Å². The SMILES string of the molecule is Cc1nccc(CNC(=O)c2cccnc2Cl)n1. The highest BCUT2D eigenvalue weighted by Gasteiger charge is 2.10. The van der Waals surface area contributed by atoms with Gasteiger partial charge in [0.1, 0.15) is 11.0 Å². The minimum Gasteiger partial charge on any atom is -0.346 e. The molecule has 0 aliphatic heterocycles. The van der Waals surface area contributed by atoms with Crippen molar-refractivity contribution in [3.05, 3.63) is 52.8 Å². The van der Waals surface area contributed by atoms with E-state index in [0.29, 0.717) is 17.9 Å². The fourth-order valence-electron chi connectivity index (χ4n) is 1.43. The molecule has 0 bridgehead atoms. The third-order valence-corrected chi connectivity index (χ3v) is 2.57. The van der Waals surface area contributed by atoms with E-state index in [2.05, 4.69) is 20.3 Å². The first-order valence-electron chi connectivity index (χ1n) is 5.34. The van der Waals surface area contributed by atoms with Crippen LogP contribution < -0.4 is 5.32 Å². The molecule has 2 rings (SSSR count). The van der Waals surface area contributed by atoms with E-state index in [1.165, 1.54) is 6.20 Å². The second-order valence-corrected chi connectivity index (χ2v) is 3.98. The molecule has 18 heavy (non-hydrogen) atoms. The lowest BCUT2D eigenvalue weighted by atomic mass is 10.2. The first kappa shape index (κ1) is 12.4. The quantitative estimate of drug-likeness (QED) is 0.856. The van der Waals surface area contributed by atoms with Crippen molar-refractivity contribution in [2.45, 2.75) is 13.5 Å². The number of carbonyl (C=O) groups excluding carboxylic acids is 1. The smallest absolute Gasteiger partial charge is 0.254 e. The van der Waals surface area contributed by atoms with E-state index in [1.54, 1.807) is 31.3 Å². The third-order valence-electron chi connectivity index (χ3n) is 2.27. The van der Waals surface area contributed by atoms with Crippen molar-refractivity contribution in [1.29, 1.82) is 0 Å². The van der Waals surface area contributed by atoms with Gasteiger partial charge in [-0.1, -0.05) is 11.6 Å². The highest BCUT2D eigenvalue weighted by atomic mass is 35.5. The third kappa shape index (κ3) is 3.01. The van der Waals surface area contributed by atoms with Crippen LogP contribution in [0.5, 0.6) is 0 Å². The molecule has 0 atom stereocenters. The number of aryl methyl sites for hydroxylation is 1. The molecule has 6 heteroatoms. The maximum absolute atomic E-state index is 11.8. The fraction of sp³-hybridized carbons (Fsp3) is 0.167. The number of amides is 1. The van der Waals surface area contributed by atoms with Crippen LogP contribution in [0.3, 0.4) is 0 Å². The van der Waals surface area contributed by atoms with E-state index in [0.717, 1.165) is 5.69 Å². The number of halogens is 1. The molecule has 0 fully saturated rings. The van der Waals surface area contributed by atoms with Crippen LogP contribution in [0.1, 0.15) is 21.9 Å². The summed E-state index contributed by atoms with van der Waals surface area (Å²) in [5.74, 6) is 0.394. The summed E-state index contributed by atoms with van der Waals surface area (Å²) in [6, 6.07) is 5.03. The van der Waals surface area contributed by atoms with Crippen LogP contribution >= 0.6 is 11.6 Å². The van der Waals surface area contributed by atoms with Gasteiger partial charge in [0.25, 0.3) is 5.91 Å². The lowest BCUT2D eigenvalue weighted by Crippen LogP contribution is -2.24. The zero-order chi connectivity index (χ0) is 13.0. The number of aromatic nitrogens is 3. The molecule has 0 aliphatic rings. The monoisotopic (exact) mass is 262 g/mol. The van der Waals surface area contributed by atoms with Gasteiger partial charge >= 0.3 is 0 Å². The Balaban J connectivity index is 2.03. The van der Waals surface area contributed by atoms with Gasteiger partial charge in [-0.25, -0.2) is 15.0 Å². The lowest BCUT2D eigenvalue weighted by molar-refractivity contribution is 0.0950. The number of pyridine rings is 1. The molecule has 0 spiro atoms. The zero-order valence-corrected chi connectivity index (χ0v) is 10.5. The first-order valence-corrected chi connectivity index (χ1v) is 5.72. The number of carbonyl (C=O) groups is 1. The molecule has 2 heterocycles. The van der Waals surface area contributed by atoms with Gasteiger partial charge in [0.05, 0.1) is 17.8 Å². The van der Waals surface area contributed by atoms with Crippen LogP contribution in [0, 0.1) is 6.92 Å². The lowest BCUT2D eigenvalue weighted by Gasteiger charge is -2.05. The normalized spacial score (nSPS) is 10.1. The van der Waals surface area contributed by atoms with Crippen molar-refractivity contribution in [2.24, 2.45) is 0 Å². The molecular formula is C12H11ClN4O. The van der Waals surface area contributed by atoms with Gasteiger partial charge in [0.15, 0.2) is 0 Å². The molecule has 92 valence electrons. The number of rotatable bonds is 3. The number of hydrogen-bond acceptors (Lipinski definition) is 4. The minimum absolute atomic E-state index is 0.189. The van der Waals surface area contributed by atoms with Crippen LogP contribution in [-0.2, 0) is 6.54 Å². The van der Waals surface area contributed by atoms with Crippen molar-refractivity contribution in [3.63, 3.8) is 0 Å². The molecule has 2 aromatic rings. The maximum Gasteiger partial charge on any atom is 0.254 e. The van der Waals surface area contributed by atoms with Gasteiger partial charge in [0.2, 0.25) is 0 Å². The fourth-order valence-corrected chi connectivity index (χ4v) is 1.63. The highest BCUT2D eigenvalue weighted by Crippen LogP contribution is 2.11. The maximum atomic E-state index is 11.8. The summed E-state index contributed by atoms with van der Waals surface area (Å²) < 4.78 is 0. The molecule has 0 saturated carbocycles. The van der Waals surface area contributed by atoms with Crippen LogP contribution in [0.2, 0.25) is 5.15 Å². The van der Waals surface area contributed by atoms with Gasteiger partial charge in [-0.05, 0) is 25.1 Å². The Kier molecular flexibility index (Phi) is 3.84. The van der Waals surface area contributed by atoms with Crippen LogP contribution in [0.25, 0.3) is 0 Å². The molecule has 5 nitrogen and oxygen atoms in total. The molecule has 0 saturated heterocycles. The van der Waals surface area contributed by atoms with Crippen LogP contribution in [-0.4, -0.2) is 20.9 Å². The zero-order valence-electron chi connectivity index (χ0n) is 9.72. The summed E-state index contributed by atoms with van der Waals surface area (Å²) in [6.07, 6.45) is 3.19. The van der Waals surface area contributed by atoms with Gasteiger partial charge in [-0.15, -0.1) is 0 Å². The average Bonchev–Trinajstić information content (AvgIpc) is 2.37. The molecule has 1 amide bonds. The van der Waals surface area contributed by atoms with Gasteiger partial charge in [0, 0.05) is 12.4 Å². The van der Waals surface area contributed by atoms with E-state index in [4.69, 9.17) is 11.6 Å². The Bertz CT molecular complexity index is 574. The van der Waals surface area contributed by atoms with Crippen molar-refractivity contribution in [1.82, 2.24) is 20.3 Å². The molecule has 0 radical (unpaired) electrons. The van der Waals surface area contributed by atoms with Gasteiger partial charge in [-0.3, -0.25) is 4.79 Å². The van der Waals surface area contributed by atoms with E-state index in [-0.39, 0.29) is 11.1 Å². The molecule has 0 aromatic carbocycles. The van der Waals surface area contributed by atoms with Crippen molar-refractivity contribution in [3.8, 4) is 0 Å². The summed E-state index contributed by atoms with van der Waals surface area (Å²) >= 11 is 5.83. The number of hydrogen-bond donors (Lipinski definition) is 1.